The fourth-order valence-corrected chi connectivity index (χ4v) is 1.45. The molecule has 1 atom stereocenters. The van der Waals surface area contributed by atoms with Gasteiger partial charge in [-0.1, -0.05) is 12.2 Å². The molecule has 0 spiro atoms. The molecule has 1 rings (SSSR count). The van der Waals surface area contributed by atoms with Gasteiger partial charge >= 0.3 is 0 Å². The summed E-state index contributed by atoms with van der Waals surface area (Å²) < 4.78 is 5.31. The van der Waals surface area contributed by atoms with Crippen molar-refractivity contribution < 1.29 is 9.84 Å². The molecule has 3 heteroatoms. The molecule has 14 heavy (non-hydrogen) atoms. The van der Waals surface area contributed by atoms with Gasteiger partial charge in [-0.3, -0.25) is 0 Å². The van der Waals surface area contributed by atoms with Crippen LogP contribution < -0.4 is 5.32 Å². The predicted octanol–water partition coefficient (Wildman–Crippen LogP) is 1.08. The van der Waals surface area contributed by atoms with Crippen molar-refractivity contribution in [2.75, 3.05) is 13.2 Å². The molecular weight excluding hydrogens is 178 g/mol. The normalized spacial score (nSPS) is 19.4. The summed E-state index contributed by atoms with van der Waals surface area (Å²) in [6, 6.07) is 0.517. The zero-order valence-corrected chi connectivity index (χ0v) is 9.07. The maximum atomic E-state index is 9.55. The van der Waals surface area contributed by atoms with Crippen molar-refractivity contribution in [2.45, 2.75) is 44.9 Å². The fraction of sp³-hybridized carbons (Fsp3) is 0.818. The number of aliphatic hydroxyl groups is 1. The Balaban J connectivity index is 1.99. The average molecular weight is 199 g/mol. The highest BCUT2D eigenvalue weighted by Gasteiger charge is 2.12. The topological polar surface area (TPSA) is 41.5 Å². The van der Waals surface area contributed by atoms with Crippen LogP contribution in [0.15, 0.2) is 12.2 Å². The lowest BCUT2D eigenvalue weighted by atomic mass is 10.2. The molecule has 0 aromatic rings. The summed E-state index contributed by atoms with van der Waals surface area (Å²) in [5, 5.41) is 12.9. The Kier molecular flexibility index (Phi) is 5.15. The van der Waals surface area contributed by atoms with E-state index < -0.39 is 6.10 Å². The maximum absolute atomic E-state index is 9.55. The summed E-state index contributed by atoms with van der Waals surface area (Å²) in [4.78, 5) is 0. The van der Waals surface area contributed by atoms with Crippen molar-refractivity contribution >= 4 is 0 Å². The van der Waals surface area contributed by atoms with E-state index in [0.29, 0.717) is 19.2 Å². The highest BCUT2D eigenvalue weighted by atomic mass is 16.5. The van der Waals surface area contributed by atoms with E-state index in [0.717, 1.165) is 12.8 Å². The first-order valence-electron chi connectivity index (χ1n) is 5.36. The van der Waals surface area contributed by atoms with Gasteiger partial charge in [-0.2, -0.15) is 0 Å². The van der Waals surface area contributed by atoms with Crippen LogP contribution in [-0.4, -0.2) is 36.5 Å². The van der Waals surface area contributed by atoms with Crippen LogP contribution in [0.3, 0.4) is 0 Å². The molecule has 0 radical (unpaired) electrons. The lowest BCUT2D eigenvalue weighted by molar-refractivity contribution is 0.00558. The first-order valence-corrected chi connectivity index (χ1v) is 5.36. The zero-order chi connectivity index (χ0) is 10.4. The Bertz CT molecular complexity index is 172. The lowest BCUT2D eigenvalue weighted by Crippen LogP contribution is -2.36. The van der Waals surface area contributed by atoms with Crippen molar-refractivity contribution in [2.24, 2.45) is 0 Å². The number of rotatable bonds is 6. The summed E-state index contributed by atoms with van der Waals surface area (Å²) in [5.41, 5.74) is 0. The van der Waals surface area contributed by atoms with E-state index in [9.17, 15) is 5.11 Å². The van der Waals surface area contributed by atoms with Crippen LogP contribution in [0, 0.1) is 0 Å². The van der Waals surface area contributed by atoms with E-state index in [1.54, 1.807) is 0 Å². The Morgan fingerprint density at radius 2 is 2.07 bits per heavy atom. The third-order valence-corrected chi connectivity index (χ3v) is 2.27. The molecule has 2 N–H and O–H groups in total. The van der Waals surface area contributed by atoms with Gasteiger partial charge < -0.3 is 15.2 Å². The smallest absolute Gasteiger partial charge is 0.0897 e. The monoisotopic (exact) mass is 199 g/mol. The molecule has 0 heterocycles. The zero-order valence-electron chi connectivity index (χ0n) is 9.07. The summed E-state index contributed by atoms with van der Waals surface area (Å²) in [6.45, 7) is 4.99. The van der Waals surface area contributed by atoms with Crippen LogP contribution in [0.1, 0.15) is 26.7 Å². The fourth-order valence-electron chi connectivity index (χ4n) is 1.45. The van der Waals surface area contributed by atoms with Gasteiger partial charge in [-0.25, -0.2) is 0 Å². The number of ether oxygens (including phenoxy) is 1. The second kappa shape index (κ2) is 6.17. The molecule has 82 valence electrons. The van der Waals surface area contributed by atoms with Gasteiger partial charge in [0.25, 0.3) is 0 Å². The van der Waals surface area contributed by atoms with Crippen molar-refractivity contribution in [3.8, 4) is 0 Å². The highest BCUT2D eigenvalue weighted by molar-refractivity contribution is 4.97. The van der Waals surface area contributed by atoms with Gasteiger partial charge in [0.15, 0.2) is 0 Å². The average Bonchev–Trinajstić information content (AvgIpc) is 2.63. The van der Waals surface area contributed by atoms with E-state index in [1.165, 1.54) is 0 Å². The van der Waals surface area contributed by atoms with E-state index in [4.69, 9.17) is 4.74 Å². The summed E-state index contributed by atoms with van der Waals surface area (Å²) in [7, 11) is 0. The van der Waals surface area contributed by atoms with Crippen LogP contribution >= 0.6 is 0 Å². The highest BCUT2D eigenvalue weighted by Crippen LogP contribution is 2.08. The summed E-state index contributed by atoms with van der Waals surface area (Å²) >= 11 is 0. The third-order valence-electron chi connectivity index (χ3n) is 2.27. The molecule has 0 bridgehead atoms. The molecule has 0 saturated carbocycles. The van der Waals surface area contributed by atoms with Crippen molar-refractivity contribution in [3.05, 3.63) is 12.2 Å². The lowest BCUT2D eigenvalue weighted by Gasteiger charge is -2.17. The molecule has 3 nitrogen and oxygen atoms in total. The molecule has 0 fully saturated rings. The van der Waals surface area contributed by atoms with E-state index in [2.05, 4.69) is 17.5 Å². The van der Waals surface area contributed by atoms with Crippen LogP contribution in [0.4, 0.5) is 0 Å². The summed E-state index contributed by atoms with van der Waals surface area (Å²) in [5.74, 6) is 0. The summed E-state index contributed by atoms with van der Waals surface area (Å²) in [6.07, 6.45) is 6.31. The molecule has 0 aromatic carbocycles. The maximum Gasteiger partial charge on any atom is 0.0897 e. The number of hydrogen-bond acceptors (Lipinski definition) is 3. The van der Waals surface area contributed by atoms with Gasteiger partial charge in [0.2, 0.25) is 0 Å². The number of aliphatic hydroxyl groups excluding tert-OH is 1. The number of nitrogens with one attached hydrogen (secondary N) is 1. The SMILES string of the molecule is CC(C)OCC(O)CNC1CC=CC1. The quantitative estimate of drug-likeness (QED) is 0.629. The predicted molar refractivity (Wildman–Crippen MR) is 57.3 cm³/mol. The first-order chi connectivity index (χ1) is 6.68. The minimum Gasteiger partial charge on any atom is -0.389 e. The number of hydrogen-bond donors (Lipinski definition) is 2. The van der Waals surface area contributed by atoms with E-state index in [1.807, 2.05) is 13.8 Å². The Morgan fingerprint density at radius 1 is 1.43 bits per heavy atom. The molecule has 0 amide bonds. The van der Waals surface area contributed by atoms with Crippen LogP contribution in [0.2, 0.25) is 0 Å². The largest absolute Gasteiger partial charge is 0.389 e. The molecular formula is C11H21NO2. The third kappa shape index (κ3) is 4.74. The molecule has 1 aliphatic carbocycles. The second-order valence-corrected chi connectivity index (χ2v) is 4.08. The molecule has 0 aromatic heterocycles. The van der Waals surface area contributed by atoms with Gasteiger partial charge in [0.1, 0.15) is 0 Å². The van der Waals surface area contributed by atoms with Crippen LogP contribution in [0.5, 0.6) is 0 Å². The minimum absolute atomic E-state index is 0.192. The van der Waals surface area contributed by atoms with E-state index in [-0.39, 0.29) is 6.10 Å². The van der Waals surface area contributed by atoms with Crippen LogP contribution in [0.25, 0.3) is 0 Å². The first kappa shape index (κ1) is 11.7. The van der Waals surface area contributed by atoms with Gasteiger partial charge in [0, 0.05) is 12.6 Å². The van der Waals surface area contributed by atoms with Gasteiger partial charge in [0.05, 0.1) is 18.8 Å². The molecule has 1 aliphatic rings. The molecule has 0 aliphatic heterocycles. The second-order valence-electron chi connectivity index (χ2n) is 4.08. The van der Waals surface area contributed by atoms with Crippen molar-refractivity contribution in [1.82, 2.24) is 5.32 Å². The van der Waals surface area contributed by atoms with Crippen LogP contribution in [-0.2, 0) is 4.74 Å². The van der Waals surface area contributed by atoms with Gasteiger partial charge in [-0.15, -0.1) is 0 Å². The van der Waals surface area contributed by atoms with Crippen molar-refractivity contribution in [1.29, 1.82) is 0 Å². The molecule has 0 saturated heterocycles. The van der Waals surface area contributed by atoms with E-state index >= 15 is 0 Å². The minimum atomic E-state index is -0.391. The Hall–Kier alpha value is -0.380. The van der Waals surface area contributed by atoms with Crippen molar-refractivity contribution in [3.63, 3.8) is 0 Å². The van der Waals surface area contributed by atoms with Gasteiger partial charge in [-0.05, 0) is 26.7 Å². The molecule has 1 unspecified atom stereocenters. The Morgan fingerprint density at radius 3 is 2.64 bits per heavy atom. The Labute approximate surface area is 86.2 Å². The standard InChI is InChI=1S/C11H21NO2/c1-9(2)14-8-11(13)7-12-10-5-3-4-6-10/h3-4,9-13H,5-8H2,1-2H3.